The molecule has 3 aromatic rings. The van der Waals surface area contributed by atoms with Crippen LogP contribution in [0.2, 0.25) is 0 Å². The normalized spacial score (nSPS) is 14.3. The van der Waals surface area contributed by atoms with Gasteiger partial charge in [-0.2, -0.15) is 0 Å². The number of aromatic carboxylic acids is 1. The minimum absolute atomic E-state index is 0.0571. The molecule has 2 aromatic carbocycles. The number of unbranched alkanes of at least 4 members (excludes halogenated alkanes) is 2. The summed E-state index contributed by atoms with van der Waals surface area (Å²) in [4.78, 5) is 29.3. The van der Waals surface area contributed by atoms with Gasteiger partial charge in [-0.25, -0.2) is 14.5 Å². The Bertz CT molecular complexity index is 1130. The maximum atomic E-state index is 13.0. The predicted octanol–water partition coefficient (Wildman–Crippen LogP) is 6.19. The van der Waals surface area contributed by atoms with Gasteiger partial charge in [0.1, 0.15) is 5.82 Å². The van der Waals surface area contributed by atoms with Crippen molar-refractivity contribution in [3.05, 3.63) is 71.3 Å². The molecule has 1 saturated carbocycles. The van der Waals surface area contributed by atoms with Gasteiger partial charge in [0.25, 0.3) is 0 Å². The number of aryl methyl sites for hydroxylation is 1. The lowest BCUT2D eigenvalue weighted by atomic mass is 9.86. The summed E-state index contributed by atoms with van der Waals surface area (Å²) in [5.41, 5.74) is 2.90. The Hall–Kier alpha value is -3.28. The minimum atomic E-state index is -0.935. The van der Waals surface area contributed by atoms with Crippen molar-refractivity contribution in [2.45, 2.75) is 71.3 Å². The zero-order chi connectivity index (χ0) is 23.9. The van der Waals surface area contributed by atoms with Crippen LogP contribution in [-0.4, -0.2) is 31.6 Å². The summed E-state index contributed by atoms with van der Waals surface area (Å²) in [6.07, 6.45) is 9.14. The number of hydrogen-bond donors (Lipinski definition) is 1. The van der Waals surface area contributed by atoms with Gasteiger partial charge in [0.15, 0.2) is 0 Å². The molecule has 0 atom stereocenters. The number of carbonyl (C=O) groups is 2. The summed E-state index contributed by atoms with van der Waals surface area (Å²) in [5.74, 6) is 0.395. The second-order valence-corrected chi connectivity index (χ2v) is 9.21. The molecule has 0 spiro atoms. The third kappa shape index (κ3) is 5.61. The van der Waals surface area contributed by atoms with Crippen molar-refractivity contribution in [1.82, 2.24) is 14.8 Å². The van der Waals surface area contributed by atoms with Crippen LogP contribution >= 0.6 is 0 Å². The molecule has 0 unspecified atom stereocenters. The molecular formula is C28H33N3O3. The summed E-state index contributed by atoms with van der Waals surface area (Å²) < 4.78 is 1.92. The zero-order valence-corrected chi connectivity index (χ0v) is 19.9. The van der Waals surface area contributed by atoms with Crippen molar-refractivity contribution in [3.8, 4) is 11.1 Å². The molecule has 0 bridgehead atoms. The summed E-state index contributed by atoms with van der Waals surface area (Å²) in [6, 6.07) is 14.9. The number of carbonyl (C=O) groups excluding carboxylic acids is 1. The molecule has 178 valence electrons. The number of aromatic nitrogens is 3. The van der Waals surface area contributed by atoms with Crippen molar-refractivity contribution < 1.29 is 14.7 Å². The lowest BCUT2D eigenvalue weighted by molar-refractivity contribution is 0.0697. The molecule has 4 rings (SSSR count). The van der Waals surface area contributed by atoms with Crippen molar-refractivity contribution in [1.29, 1.82) is 0 Å². The van der Waals surface area contributed by atoms with E-state index < -0.39 is 5.97 Å². The molecule has 1 aliphatic carbocycles. The largest absolute Gasteiger partial charge is 0.478 e. The van der Waals surface area contributed by atoms with E-state index in [4.69, 9.17) is 4.98 Å². The van der Waals surface area contributed by atoms with Crippen LogP contribution in [0, 0.1) is 5.92 Å². The van der Waals surface area contributed by atoms with Gasteiger partial charge in [0.05, 0.1) is 5.56 Å². The molecule has 34 heavy (non-hydrogen) atoms. The van der Waals surface area contributed by atoms with Crippen LogP contribution in [0.5, 0.6) is 0 Å². The lowest BCUT2D eigenvalue weighted by Gasteiger charge is -2.18. The molecule has 0 saturated heterocycles. The minimum Gasteiger partial charge on any atom is -0.478 e. The van der Waals surface area contributed by atoms with E-state index in [1.165, 1.54) is 6.42 Å². The number of hydrogen-bond acceptors (Lipinski definition) is 4. The van der Waals surface area contributed by atoms with E-state index >= 15 is 0 Å². The van der Waals surface area contributed by atoms with Crippen molar-refractivity contribution in [3.63, 3.8) is 0 Å². The smallest absolute Gasteiger partial charge is 0.336 e. The van der Waals surface area contributed by atoms with E-state index in [9.17, 15) is 14.7 Å². The number of benzene rings is 2. The van der Waals surface area contributed by atoms with Gasteiger partial charge in [0, 0.05) is 18.9 Å². The number of rotatable bonds is 10. The number of Topliss-reactive ketones (excluding diaryl/α,β-unsaturated/α-hetero) is 1. The number of carboxylic acid groups (broad SMARTS) is 1. The molecule has 6 nitrogen and oxygen atoms in total. The van der Waals surface area contributed by atoms with E-state index in [0.717, 1.165) is 68.4 Å². The zero-order valence-electron chi connectivity index (χ0n) is 19.9. The summed E-state index contributed by atoms with van der Waals surface area (Å²) in [7, 11) is 0. The Labute approximate surface area is 201 Å². The van der Waals surface area contributed by atoms with E-state index in [2.05, 4.69) is 12.0 Å². The van der Waals surface area contributed by atoms with Gasteiger partial charge in [-0.3, -0.25) is 4.79 Å². The van der Waals surface area contributed by atoms with Gasteiger partial charge in [0.2, 0.25) is 11.6 Å². The monoisotopic (exact) mass is 459 g/mol. The molecule has 0 radical (unpaired) electrons. The first-order valence-corrected chi connectivity index (χ1v) is 12.5. The second kappa shape index (κ2) is 11.2. The first-order valence-electron chi connectivity index (χ1n) is 12.5. The fraction of sp³-hybridized carbons (Fsp3) is 0.429. The summed E-state index contributed by atoms with van der Waals surface area (Å²) in [5, 5.41) is 14.1. The van der Waals surface area contributed by atoms with Gasteiger partial charge in [-0.15, -0.1) is 5.10 Å². The average molecular weight is 460 g/mol. The van der Waals surface area contributed by atoms with Crippen molar-refractivity contribution >= 4 is 11.8 Å². The first-order chi connectivity index (χ1) is 16.6. The third-order valence-electron chi connectivity index (χ3n) is 6.70. The standard InChI is InChI=1S/C28H33N3O3/c1-2-3-9-18-31-25(29-27(30-31)26(32)22-10-5-4-6-11-22)19-20-14-16-21(17-15-20)23-12-7-8-13-24(23)28(33)34/h7-8,12-17,22H,2-6,9-11,18-19H2,1H3,(H,33,34). The van der Waals surface area contributed by atoms with Crippen LogP contribution < -0.4 is 0 Å². The molecule has 0 aliphatic heterocycles. The quantitative estimate of drug-likeness (QED) is 0.289. The third-order valence-corrected chi connectivity index (χ3v) is 6.70. The highest BCUT2D eigenvalue weighted by Gasteiger charge is 2.26. The summed E-state index contributed by atoms with van der Waals surface area (Å²) >= 11 is 0. The molecular weight excluding hydrogens is 426 g/mol. The Morgan fingerprint density at radius 1 is 1.00 bits per heavy atom. The van der Waals surface area contributed by atoms with Crippen LogP contribution in [0.3, 0.4) is 0 Å². The highest BCUT2D eigenvalue weighted by atomic mass is 16.4. The Morgan fingerprint density at radius 2 is 1.74 bits per heavy atom. The van der Waals surface area contributed by atoms with E-state index in [-0.39, 0.29) is 17.3 Å². The molecule has 0 amide bonds. The van der Waals surface area contributed by atoms with E-state index in [1.807, 2.05) is 41.1 Å². The number of carboxylic acids is 1. The topological polar surface area (TPSA) is 85.1 Å². The van der Waals surface area contributed by atoms with Crippen LogP contribution in [0.25, 0.3) is 11.1 Å². The fourth-order valence-electron chi connectivity index (χ4n) is 4.75. The van der Waals surface area contributed by atoms with Crippen molar-refractivity contribution in [2.75, 3.05) is 0 Å². The highest BCUT2D eigenvalue weighted by molar-refractivity contribution is 5.96. The molecule has 1 aromatic heterocycles. The Kier molecular flexibility index (Phi) is 7.88. The van der Waals surface area contributed by atoms with Crippen molar-refractivity contribution in [2.24, 2.45) is 5.92 Å². The highest BCUT2D eigenvalue weighted by Crippen LogP contribution is 2.27. The maximum Gasteiger partial charge on any atom is 0.336 e. The molecule has 6 heteroatoms. The summed E-state index contributed by atoms with van der Waals surface area (Å²) in [6.45, 7) is 2.93. The second-order valence-electron chi connectivity index (χ2n) is 9.21. The Morgan fingerprint density at radius 3 is 2.44 bits per heavy atom. The molecule has 1 fully saturated rings. The number of ketones is 1. The van der Waals surface area contributed by atoms with Crippen LogP contribution in [-0.2, 0) is 13.0 Å². The van der Waals surface area contributed by atoms with Gasteiger partial charge in [-0.05, 0) is 42.0 Å². The fourth-order valence-corrected chi connectivity index (χ4v) is 4.75. The molecule has 1 aliphatic rings. The van der Waals surface area contributed by atoms with Crippen LogP contribution in [0.4, 0.5) is 0 Å². The van der Waals surface area contributed by atoms with Gasteiger partial charge >= 0.3 is 5.97 Å². The lowest BCUT2D eigenvalue weighted by Crippen LogP contribution is -2.19. The Balaban J connectivity index is 1.55. The first kappa shape index (κ1) is 23.9. The van der Waals surface area contributed by atoms with Crippen LogP contribution in [0.15, 0.2) is 48.5 Å². The molecule has 1 heterocycles. The van der Waals surface area contributed by atoms with Gasteiger partial charge in [-0.1, -0.05) is 81.5 Å². The number of nitrogens with zero attached hydrogens (tertiary/aromatic N) is 3. The SMILES string of the molecule is CCCCCn1nc(C(=O)C2CCCCC2)nc1Cc1ccc(-c2ccccc2C(=O)O)cc1. The predicted molar refractivity (Wildman–Crippen MR) is 132 cm³/mol. The maximum absolute atomic E-state index is 13.0. The average Bonchev–Trinajstić information content (AvgIpc) is 3.27. The molecule has 1 N–H and O–H groups in total. The van der Waals surface area contributed by atoms with Crippen LogP contribution in [0.1, 0.15) is 90.7 Å². The van der Waals surface area contributed by atoms with E-state index in [0.29, 0.717) is 17.8 Å². The van der Waals surface area contributed by atoms with Gasteiger partial charge < -0.3 is 5.11 Å². The van der Waals surface area contributed by atoms with E-state index in [1.54, 1.807) is 12.1 Å².